The molecule has 1 heterocycles. The molecule has 1 aliphatic rings. The zero-order valence-corrected chi connectivity index (χ0v) is 12.0. The maximum Gasteiger partial charge on any atom is 0.353 e. The molecule has 0 radical (unpaired) electrons. The van der Waals surface area contributed by atoms with Crippen LogP contribution in [0.25, 0.3) is 0 Å². The van der Waals surface area contributed by atoms with E-state index in [2.05, 4.69) is 0 Å². The highest BCUT2D eigenvalue weighted by Crippen LogP contribution is 2.29. The zero-order chi connectivity index (χ0) is 15.0. The van der Waals surface area contributed by atoms with Crippen LogP contribution in [0, 0.1) is 23.0 Å². The minimum absolute atomic E-state index is 0.147. The van der Waals surface area contributed by atoms with Gasteiger partial charge in [-0.25, -0.2) is 4.79 Å². The highest BCUT2D eigenvalue weighted by Gasteiger charge is 2.31. The van der Waals surface area contributed by atoms with Gasteiger partial charge in [-0.15, -0.1) is 0 Å². The molecule has 0 amide bonds. The molecule has 1 aromatic rings. The first kappa shape index (κ1) is 14.5. The normalized spacial score (nSPS) is 15.4. The van der Waals surface area contributed by atoms with Gasteiger partial charge in [0.2, 0.25) is 0 Å². The summed E-state index contributed by atoms with van der Waals surface area (Å²) >= 11 is 0. The van der Waals surface area contributed by atoms with Crippen molar-refractivity contribution in [3.05, 3.63) is 36.6 Å². The lowest BCUT2D eigenvalue weighted by Gasteiger charge is -2.27. The van der Waals surface area contributed by atoms with Crippen LogP contribution in [0.1, 0.15) is 44.8 Å². The minimum atomic E-state index is -0.762. The van der Waals surface area contributed by atoms with Crippen LogP contribution in [0.3, 0.4) is 0 Å². The Morgan fingerprint density at radius 1 is 1.35 bits per heavy atom. The summed E-state index contributed by atoms with van der Waals surface area (Å²) in [6, 6.07) is -0.187. The van der Waals surface area contributed by atoms with Crippen LogP contribution in [0.5, 0.6) is 0 Å². The van der Waals surface area contributed by atoms with Crippen molar-refractivity contribution >= 4 is 5.69 Å². The quantitative estimate of drug-likeness (QED) is 0.619. The van der Waals surface area contributed by atoms with E-state index in [4.69, 9.17) is 0 Å². The second-order valence-corrected chi connectivity index (χ2v) is 5.74. The van der Waals surface area contributed by atoms with Crippen molar-refractivity contribution in [2.45, 2.75) is 52.6 Å². The molecular formula is C13H19N3O4. The minimum Gasteiger partial charge on any atom is -0.291 e. The van der Waals surface area contributed by atoms with Crippen molar-refractivity contribution in [1.82, 2.24) is 9.13 Å². The van der Waals surface area contributed by atoms with Gasteiger partial charge < -0.3 is 0 Å². The van der Waals surface area contributed by atoms with Crippen molar-refractivity contribution in [2.24, 2.45) is 5.92 Å². The fourth-order valence-electron chi connectivity index (χ4n) is 2.51. The molecular weight excluding hydrogens is 262 g/mol. The van der Waals surface area contributed by atoms with E-state index in [0.717, 1.165) is 23.8 Å². The van der Waals surface area contributed by atoms with Gasteiger partial charge in [-0.05, 0) is 32.1 Å². The van der Waals surface area contributed by atoms with E-state index >= 15 is 0 Å². The molecule has 2 rings (SSSR count). The van der Waals surface area contributed by atoms with E-state index in [9.17, 15) is 19.7 Å². The topological polar surface area (TPSA) is 87.1 Å². The van der Waals surface area contributed by atoms with E-state index < -0.39 is 21.9 Å². The van der Waals surface area contributed by atoms with E-state index in [0.29, 0.717) is 6.54 Å². The molecule has 7 nitrogen and oxygen atoms in total. The van der Waals surface area contributed by atoms with Crippen molar-refractivity contribution in [3.63, 3.8) is 0 Å². The molecule has 0 atom stereocenters. The third kappa shape index (κ3) is 2.28. The third-order valence-electron chi connectivity index (χ3n) is 3.78. The molecule has 20 heavy (non-hydrogen) atoms. The van der Waals surface area contributed by atoms with Gasteiger partial charge in [-0.3, -0.25) is 24.0 Å². The van der Waals surface area contributed by atoms with Crippen LogP contribution >= 0.6 is 0 Å². The van der Waals surface area contributed by atoms with Crippen molar-refractivity contribution in [1.29, 1.82) is 0 Å². The van der Waals surface area contributed by atoms with E-state index in [1.165, 1.54) is 11.5 Å². The molecule has 7 heteroatoms. The maximum absolute atomic E-state index is 12.5. The number of aromatic nitrogens is 2. The lowest BCUT2D eigenvalue weighted by molar-refractivity contribution is -0.387. The summed E-state index contributed by atoms with van der Waals surface area (Å²) in [5, 5.41) is 11.1. The van der Waals surface area contributed by atoms with Gasteiger partial charge in [-0.2, -0.15) is 0 Å². The Hall–Kier alpha value is -1.92. The Balaban J connectivity index is 2.74. The van der Waals surface area contributed by atoms with Gasteiger partial charge in [0, 0.05) is 12.6 Å². The van der Waals surface area contributed by atoms with E-state index in [-0.39, 0.29) is 17.7 Å². The maximum atomic E-state index is 12.5. The monoisotopic (exact) mass is 281 g/mol. The zero-order valence-electron chi connectivity index (χ0n) is 12.0. The fraction of sp³-hybridized carbons (Fsp3) is 0.692. The molecule has 1 saturated carbocycles. The number of hydrogen-bond donors (Lipinski definition) is 0. The Kier molecular flexibility index (Phi) is 3.78. The van der Waals surface area contributed by atoms with Gasteiger partial charge in [-0.1, -0.05) is 13.8 Å². The lowest BCUT2D eigenvalue weighted by atomic mass is 9.93. The lowest BCUT2D eigenvalue weighted by Crippen LogP contribution is -2.46. The predicted molar refractivity (Wildman–Crippen MR) is 74.1 cm³/mol. The van der Waals surface area contributed by atoms with Gasteiger partial charge in [0.25, 0.3) is 0 Å². The highest BCUT2D eigenvalue weighted by molar-refractivity contribution is 5.32. The summed E-state index contributed by atoms with van der Waals surface area (Å²) in [6.07, 6.45) is 2.41. The number of rotatable bonds is 4. The summed E-state index contributed by atoms with van der Waals surface area (Å²) in [6.45, 7) is 5.69. The molecule has 0 spiro atoms. The van der Waals surface area contributed by atoms with Crippen molar-refractivity contribution in [2.75, 3.05) is 0 Å². The average Bonchev–Trinajstić information content (AvgIpc) is 2.27. The van der Waals surface area contributed by atoms with Crippen LogP contribution in [0.4, 0.5) is 5.69 Å². The molecule has 1 aromatic heterocycles. The highest BCUT2D eigenvalue weighted by atomic mass is 16.6. The van der Waals surface area contributed by atoms with E-state index in [1.54, 1.807) is 0 Å². The smallest absolute Gasteiger partial charge is 0.291 e. The van der Waals surface area contributed by atoms with Crippen LogP contribution in [-0.2, 0) is 6.54 Å². The second-order valence-electron chi connectivity index (χ2n) is 5.74. The first-order valence-corrected chi connectivity index (χ1v) is 6.85. The van der Waals surface area contributed by atoms with Gasteiger partial charge >= 0.3 is 16.9 Å². The fourth-order valence-corrected chi connectivity index (χ4v) is 2.51. The largest absolute Gasteiger partial charge is 0.353 e. The Morgan fingerprint density at radius 2 is 1.95 bits per heavy atom. The summed E-state index contributed by atoms with van der Waals surface area (Å²) in [4.78, 5) is 35.2. The first-order chi connectivity index (χ1) is 9.34. The Bertz CT molecular complexity index is 653. The van der Waals surface area contributed by atoms with E-state index in [1.807, 2.05) is 13.8 Å². The van der Waals surface area contributed by atoms with Crippen LogP contribution in [0.2, 0.25) is 0 Å². The molecule has 0 aliphatic heterocycles. The third-order valence-corrected chi connectivity index (χ3v) is 3.78. The van der Waals surface area contributed by atoms with Gasteiger partial charge in [0.05, 0.1) is 4.92 Å². The van der Waals surface area contributed by atoms with Gasteiger partial charge in [0.15, 0.2) is 0 Å². The standard InChI is InChI=1S/C13H19N3O4/c1-8(2)7-14-9(3)11(16(19)20)12(17)15(13(14)18)10-5-4-6-10/h8,10H,4-7H2,1-3H3. The Morgan fingerprint density at radius 3 is 2.35 bits per heavy atom. The molecule has 0 N–H and O–H groups in total. The number of nitro groups is 1. The summed E-state index contributed by atoms with van der Waals surface area (Å²) in [5.74, 6) is 0.165. The SMILES string of the molecule is Cc1c([N+](=O)[O-])c(=O)n(C2CCC2)c(=O)n1CC(C)C. The predicted octanol–water partition coefficient (Wildman–Crippen LogP) is 1.61. The number of nitrogens with zero attached hydrogens (tertiary/aromatic N) is 3. The second kappa shape index (κ2) is 5.22. The number of hydrogen-bond acceptors (Lipinski definition) is 4. The molecule has 0 unspecified atom stereocenters. The molecule has 1 fully saturated rings. The molecule has 0 aromatic carbocycles. The van der Waals surface area contributed by atoms with Crippen molar-refractivity contribution in [3.8, 4) is 0 Å². The van der Waals surface area contributed by atoms with Crippen LogP contribution in [-0.4, -0.2) is 14.1 Å². The first-order valence-electron chi connectivity index (χ1n) is 6.85. The summed E-state index contributed by atoms with van der Waals surface area (Å²) in [5.41, 5.74) is -1.51. The molecule has 110 valence electrons. The summed E-state index contributed by atoms with van der Waals surface area (Å²) < 4.78 is 2.44. The average molecular weight is 281 g/mol. The van der Waals surface area contributed by atoms with Crippen molar-refractivity contribution < 1.29 is 4.92 Å². The summed E-state index contributed by atoms with van der Waals surface area (Å²) in [7, 11) is 0. The molecule has 1 aliphatic carbocycles. The van der Waals surface area contributed by atoms with Crippen LogP contribution < -0.4 is 11.2 Å². The van der Waals surface area contributed by atoms with Gasteiger partial charge in [0.1, 0.15) is 5.69 Å². The van der Waals surface area contributed by atoms with Crippen LogP contribution in [0.15, 0.2) is 9.59 Å². The Labute approximate surface area is 116 Å². The molecule has 0 bridgehead atoms. The molecule has 0 saturated heterocycles.